The first kappa shape index (κ1) is 18.2. The molecule has 1 aromatic heterocycles. The van der Waals surface area contributed by atoms with Crippen molar-refractivity contribution < 1.29 is 9.72 Å². The van der Waals surface area contributed by atoms with Gasteiger partial charge in [-0.25, -0.2) is 9.97 Å². The smallest absolute Gasteiger partial charge is 0.270 e. The number of halogens is 1. The number of aromatic nitrogens is 2. The zero-order valence-electron chi connectivity index (χ0n) is 13.9. The molecule has 1 heterocycles. The molecule has 0 saturated heterocycles. The van der Waals surface area contributed by atoms with E-state index in [0.717, 1.165) is 0 Å². The van der Waals surface area contributed by atoms with Crippen LogP contribution >= 0.6 is 11.6 Å². The van der Waals surface area contributed by atoms with Crippen molar-refractivity contribution in [1.82, 2.24) is 9.97 Å². The third-order valence-corrected chi connectivity index (χ3v) is 3.74. The van der Waals surface area contributed by atoms with E-state index in [1.807, 2.05) is 0 Å². The Morgan fingerprint density at radius 2 is 1.85 bits per heavy atom. The first-order chi connectivity index (χ1) is 13.0. The summed E-state index contributed by atoms with van der Waals surface area (Å²) in [4.78, 5) is 30.7. The lowest BCUT2D eigenvalue weighted by Gasteiger charge is -2.02. The highest BCUT2D eigenvalue weighted by Gasteiger charge is 2.08. The number of amides is 1. The maximum atomic E-state index is 11.9. The summed E-state index contributed by atoms with van der Waals surface area (Å²) in [6, 6.07) is 12.9. The number of benzene rings is 2. The Morgan fingerprint density at radius 3 is 2.56 bits per heavy atom. The van der Waals surface area contributed by atoms with Crippen LogP contribution in [0, 0.1) is 10.1 Å². The maximum Gasteiger partial charge on any atom is 0.270 e. The van der Waals surface area contributed by atoms with Crippen LogP contribution in [0.5, 0.6) is 0 Å². The van der Waals surface area contributed by atoms with Crippen LogP contribution in [0.2, 0.25) is 5.02 Å². The molecule has 8 heteroatoms. The van der Waals surface area contributed by atoms with Gasteiger partial charge in [0.2, 0.25) is 5.91 Å². The molecule has 27 heavy (non-hydrogen) atoms. The minimum absolute atomic E-state index is 0.0299. The molecular weight excluding hydrogens is 368 g/mol. The molecule has 3 rings (SSSR count). The molecule has 0 saturated carbocycles. The van der Waals surface area contributed by atoms with E-state index in [0.29, 0.717) is 27.7 Å². The van der Waals surface area contributed by atoms with Crippen molar-refractivity contribution in [2.24, 2.45) is 0 Å². The molecule has 1 N–H and O–H groups in total. The van der Waals surface area contributed by atoms with Gasteiger partial charge < -0.3 is 5.32 Å². The van der Waals surface area contributed by atoms with Gasteiger partial charge in [-0.2, -0.15) is 0 Å². The molecule has 134 valence electrons. The largest absolute Gasteiger partial charge is 0.322 e. The molecule has 0 aliphatic rings. The van der Waals surface area contributed by atoms with Crippen molar-refractivity contribution in [3.8, 4) is 11.4 Å². The van der Waals surface area contributed by atoms with Gasteiger partial charge in [0.1, 0.15) is 0 Å². The summed E-state index contributed by atoms with van der Waals surface area (Å²) in [5.41, 5.74) is 1.72. The molecule has 0 radical (unpaired) electrons. The van der Waals surface area contributed by atoms with Crippen molar-refractivity contribution in [2.75, 3.05) is 5.32 Å². The van der Waals surface area contributed by atoms with Crippen molar-refractivity contribution >= 4 is 35.0 Å². The summed E-state index contributed by atoms with van der Waals surface area (Å²) in [5.74, 6) is 0.0410. The Bertz CT molecular complexity index is 1020. The highest BCUT2D eigenvalue weighted by atomic mass is 35.5. The van der Waals surface area contributed by atoms with E-state index in [1.165, 1.54) is 30.6 Å². The van der Waals surface area contributed by atoms with E-state index in [4.69, 9.17) is 11.6 Å². The zero-order valence-corrected chi connectivity index (χ0v) is 14.6. The fraction of sp³-hybridized carbons (Fsp3) is 0. The van der Waals surface area contributed by atoms with Gasteiger partial charge in [0.25, 0.3) is 5.69 Å². The van der Waals surface area contributed by atoms with Gasteiger partial charge in [0.05, 0.1) is 4.92 Å². The number of rotatable bonds is 5. The van der Waals surface area contributed by atoms with E-state index in [9.17, 15) is 14.9 Å². The van der Waals surface area contributed by atoms with Gasteiger partial charge in [-0.15, -0.1) is 0 Å². The van der Waals surface area contributed by atoms with E-state index < -0.39 is 4.92 Å². The Hall–Kier alpha value is -3.58. The van der Waals surface area contributed by atoms with Gasteiger partial charge in [-0.3, -0.25) is 14.9 Å². The molecule has 0 spiro atoms. The minimum atomic E-state index is -0.473. The molecule has 0 fully saturated rings. The number of nitrogens with one attached hydrogen (secondary N) is 1. The van der Waals surface area contributed by atoms with Crippen molar-refractivity contribution in [3.05, 3.63) is 87.7 Å². The van der Waals surface area contributed by atoms with Gasteiger partial charge in [0.15, 0.2) is 5.82 Å². The summed E-state index contributed by atoms with van der Waals surface area (Å²) in [7, 11) is 0. The van der Waals surface area contributed by atoms with Gasteiger partial charge >= 0.3 is 0 Å². The highest BCUT2D eigenvalue weighted by molar-refractivity contribution is 6.30. The predicted octanol–water partition coefficient (Wildman–Crippen LogP) is 4.36. The van der Waals surface area contributed by atoms with Gasteiger partial charge in [-0.05, 0) is 24.3 Å². The van der Waals surface area contributed by atoms with Crippen molar-refractivity contribution in [3.63, 3.8) is 0 Å². The number of non-ortho nitro benzene ring substituents is 1. The molecule has 0 unspecified atom stereocenters. The molecule has 7 nitrogen and oxygen atoms in total. The topological polar surface area (TPSA) is 98.0 Å². The van der Waals surface area contributed by atoms with Crippen molar-refractivity contribution in [2.45, 2.75) is 0 Å². The number of anilines is 1. The average molecular weight is 381 g/mol. The normalized spacial score (nSPS) is 10.7. The van der Waals surface area contributed by atoms with Crippen LogP contribution in [0.25, 0.3) is 17.5 Å². The first-order valence-corrected chi connectivity index (χ1v) is 8.20. The molecule has 3 aromatic rings. The van der Waals surface area contributed by atoms with Gasteiger partial charge in [-0.1, -0.05) is 29.8 Å². The SMILES string of the molecule is O=C(/C=C/c1cnc(-c2cccc([N+](=O)[O-])c2)nc1)Nc1cccc(Cl)c1. The highest BCUT2D eigenvalue weighted by Crippen LogP contribution is 2.20. The summed E-state index contributed by atoms with van der Waals surface area (Å²) in [6.07, 6.45) is 5.98. The van der Waals surface area contributed by atoms with Crippen LogP contribution in [0.4, 0.5) is 11.4 Å². The van der Waals surface area contributed by atoms with Crippen LogP contribution in [-0.2, 0) is 4.79 Å². The van der Waals surface area contributed by atoms with Crippen LogP contribution in [0.1, 0.15) is 5.56 Å². The number of carbonyl (C=O) groups is 1. The van der Waals surface area contributed by atoms with E-state index in [2.05, 4.69) is 15.3 Å². The van der Waals surface area contributed by atoms with Crippen LogP contribution in [0.3, 0.4) is 0 Å². The molecule has 0 atom stereocenters. The fourth-order valence-corrected chi connectivity index (χ4v) is 2.44. The molecule has 0 aliphatic carbocycles. The van der Waals surface area contributed by atoms with Crippen LogP contribution in [0.15, 0.2) is 67.0 Å². The average Bonchev–Trinajstić information content (AvgIpc) is 2.67. The minimum Gasteiger partial charge on any atom is -0.322 e. The lowest BCUT2D eigenvalue weighted by Crippen LogP contribution is -2.07. The molecule has 0 aliphatic heterocycles. The van der Waals surface area contributed by atoms with E-state index in [-0.39, 0.29) is 11.6 Å². The second-order valence-corrected chi connectivity index (χ2v) is 5.92. The zero-order chi connectivity index (χ0) is 19.2. The molecule has 1 amide bonds. The Balaban J connectivity index is 1.68. The number of hydrogen-bond acceptors (Lipinski definition) is 5. The summed E-state index contributed by atoms with van der Waals surface area (Å²) >= 11 is 5.87. The second kappa shape index (κ2) is 8.20. The lowest BCUT2D eigenvalue weighted by atomic mass is 10.2. The third-order valence-electron chi connectivity index (χ3n) is 3.51. The predicted molar refractivity (Wildman–Crippen MR) is 103 cm³/mol. The lowest BCUT2D eigenvalue weighted by molar-refractivity contribution is -0.384. The van der Waals surface area contributed by atoms with Crippen LogP contribution < -0.4 is 5.32 Å². The monoisotopic (exact) mass is 380 g/mol. The Morgan fingerprint density at radius 1 is 1.11 bits per heavy atom. The maximum absolute atomic E-state index is 11.9. The number of nitro groups is 1. The molecule has 0 bridgehead atoms. The first-order valence-electron chi connectivity index (χ1n) is 7.83. The third kappa shape index (κ3) is 4.96. The number of carbonyl (C=O) groups excluding carboxylic acids is 1. The second-order valence-electron chi connectivity index (χ2n) is 5.48. The fourth-order valence-electron chi connectivity index (χ4n) is 2.25. The number of nitrogens with zero attached hydrogens (tertiary/aromatic N) is 3. The van der Waals surface area contributed by atoms with E-state index >= 15 is 0 Å². The van der Waals surface area contributed by atoms with Gasteiger partial charge in [0, 0.05) is 52.4 Å². The van der Waals surface area contributed by atoms with Crippen LogP contribution in [-0.4, -0.2) is 20.8 Å². The Labute approximate surface area is 159 Å². The Kier molecular flexibility index (Phi) is 5.53. The molecular formula is C19H13ClN4O3. The standard InChI is InChI=1S/C19H13ClN4O3/c20-15-4-2-5-16(10-15)23-18(25)8-7-13-11-21-19(22-12-13)14-3-1-6-17(9-14)24(26)27/h1-12H,(H,23,25)/b8-7+. The van der Waals surface area contributed by atoms with Crippen molar-refractivity contribution in [1.29, 1.82) is 0 Å². The summed E-state index contributed by atoms with van der Waals surface area (Å²) < 4.78 is 0. The summed E-state index contributed by atoms with van der Waals surface area (Å²) in [6.45, 7) is 0. The number of hydrogen-bond donors (Lipinski definition) is 1. The van der Waals surface area contributed by atoms with E-state index in [1.54, 1.807) is 42.5 Å². The molecule has 2 aromatic carbocycles. The quantitative estimate of drug-likeness (QED) is 0.403. The summed E-state index contributed by atoms with van der Waals surface area (Å²) in [5, 5.41) is 14.1. The number of nitro benzene ring substituents is 1.